The lowest BCUT2D eigenvalue weighted by Gasteiger charge is -1.97. The zero-order chi connectivity index (χ0) is 8.69. The highest BCUT2D eigenvalue weighted by atomic mass is 31.1. The van der Waals surface area contributed by atoms with E-state index in [9.17, 15) is 9.36 Å². The van der Waals surface area contributed by atoms with Crippen molar-refractivity contribution in [2.45, 2.75) is 6.42 Å². The summed E-state index contributed by atoms with van der Waals surface area (Å²) in [5.74, 6) is -0.238. The van der Waals surface area contributed by atoms with Crippen molar-refractivity contribution in [2.75, 3.05) is 19.3 Å². The quantitative estimate of drug-likeness (QED) is 0.380. The molecule has 0 spiro atoms. The number of carbonyl (C=O) groups is 1. The Kier molecular flexibility index (Phi) is 5.93. The number of hydrogen-bond donors (Lipinski definition) is 3. The average molecular weight is 179 g/mol. The van der Waals surface area contributed by atoms with E-state index < -0.39 is 8.03 Å². The number of amides is 1. The van der Waals surface area contributed by atoms with Crippen LogP contribution in [0.1, 0.15) is 6.42 Å². The Bertz CT molecular complexity index is 151. The van der Waals surface area contributed by atoms with Gasteiger partial charge in [-0.3, -0.25) is 4.79 Å². The maximum atomic E-state index is 10.5. The number of carbonyl (C=O) groups excluding carboxylic acids is 1. The summed E-state index contributed by atoms with van der Waals surface area (Å²) >= 11 is 0. The van der Waals surface area contributed by atoms with Crippen molar-refractivity contribution >= 4 is 13.9 Å². The van der Waals surface area contributed by atoms with Crippen LogP contribution in [0.15, 0.2) is 0 Å². The van der Waals surface area contributed by atoms with Crippen molar-refractivity contribution in [2.24, 2.45) is 5.73 Å². The van der Waals surface area contributed by atoms with Gasteiger partial charge in [0.15, 0.2) is 6.16 Å². The Labute approximate surface area is 65.8 Å². The predicted octanol–water partition coefficient (Wildman–Crippen LogP) is -0.814. The summed E-state index contributed by atoms with van der Waals surface area (Å²) in [7, 11) is -2.07. The monoisotopic (exact) mass is 179 g/mol. The molecule has 0 aromatic heterocycles. The first kappa shape index (κ1) is 10.5. The number of nitrogens with one attached hydrogen (secondary N) is 1. The SMILES string of the molecule is NCC(=O)NCCC[P+](=O)O. The average Bonchev–Trinajstić information content (AvgIpc) is 1.97. The molecule has 0 bridgehead atoms. The molecule has 0 radical (unpaired) electrons. The Morgan fingerprint density at radius 3 is 2.73 bits per heavy atom. The Morgan fingerprint density at radius 2 is 2.27 bits per heavy atom. The zero-order valence-electron chi connectivity index (χ0n) is 6.12. The number of hydrogen-bond acceptors (Lipinski definition) is 3. The van der Waals surface area contributed by atoms with Crippen LogP contribution in [-0.4, -0.2) is 30.1 Å². The molecule has 1 amide bonds. The van der Waals surface area contributed by atoms with Crippen LogP contribution in [0.4, 0.5) is 0 Å². The van der Waals surface area contributed by atoms with E-state index in [1.165, 1.54) is 0 Å². The van der Waals surface area contributed by atoms with Gasteiger partial charge in [0.25, 0.3) is 0 Å². The highest BCUT2D eigenvalue weighted by Gasteiger charge is 2.08. The van der Waals surface area contributed by atoms with Gasteiger partial charge in [-0.05, 0) is 4.57 Å². The molecule has 0 fully saturated rings. The summed E-state index contributed by atoms with van der Waals surface area (Å²) in [4.78, 5) is 18.8. The normalized spacial score (nSPS) is 10.9. The van der Waals surface area contributed by atoms with Crippen molar-refractivity contribution in [3.05, 3.63) is 0 Å². The smallest absolute Gasteiger partial charge is 0.355 e. The van der Waals surface area contributed by atoms with Crippen molar-refractivity contribution in [3.63, 3.8) is 0 Å². The molecule has 64 valence electrons. The highest BCUT2D eigenvalue weighted by molar-refractivity contribution is 7.37. The van der Waals surface area contributed by atoms with Crippen molar-refractivity contribution in [1.29, 1.82) is 0 Å². The molecule has 5 nitrogen and oxygen atoms in total. The Hall–Kier alpha value is -0.510. The lowest BCUT2D eigenvalue weighted by molar-refractivity contribution is -0.119. The Morgan fingerprint density at radius 1 is 1.64 bits per heavy atom. The van der Waals surface area contributed by atoms with Crippen LogP contribution in [0.5, 0.6) is 0 Å². The van der Waals surface area contributed by atoms with E-state index in [-0.39, 0.29) is 18.6 Å². The van der Waals surface area contributed by atoms with E-state index >= 15 is 0 Å². The van der Waals surface area contributed by atoms with Crippen LogP contribution >= 0.6 is 8.03 Å². The van der Waals surface area contributed by atoms with Gasteiger partial charge in [0.2, 0.25) is 5.91 Å². The minimum atomic E-state index is -2.07. The highest BCUT2D eigenvalue weighted by Crippen LogP contribution is 2.12. The summed E-state index contributed by atoms with van der Waals surface area (Å²) in [6.07, 6.45) is 0.734. The molecule has 1 atom stereocenters. The molecule has 0 heterocycles. The van der Waals surface area contributed by atoms with Gasteiger partial charge in [0.05, 0.1) is 6.54 Å². The van der Waals surface area contributed by atoms with Crippen LogP contribution in [0.2, 0.25) is 0 Å². The predicted molar refractivity (Wildman–Crippen MR) is 41.4 cm³/mol. The largest absolute Gasteiger partial charge is 0.505 e. The van der Waals surface area contributed by atoms with Crippen LogP contribution in [0, 0.1) is 0 Å². The van der Waals surface area contributed by atoms with Crippen LogP contribution < -0.4 is 11.1 Å². The lowest BCUT2D eigenvalue weighted by atomic mass is 10.4. The van der Waals surface area contributed by atoms with Gasteiger partial charge in [0, 0.05) is 13.0 Å². The maximum Gasteiger partial charge on any atom is 0.505 e. The second kappa shape index (κ2) is 6.22. The second-order valence-corrected chi connectivity index (χ2v) is 3.13. The lowest BCUT2D eigenvalue weighted by Crippen LogP contribution is -2.31. The molecule has 0 aliphatic rings. The minimum absolute atomic E-state index is 0.0364. The van der Waals surface area contributed by atoms with Crippen molar-refractivity contribution in [1.82, 2.24) is 5.32 Å². The fraction of sp³-hybridized carbons (Fsp3) is 0.800. The zero-order valence-corrected chi connectivity index (χ0v) is 7.01. The van der Waals surface area contributed by atoms with Crippen LogP contribution in [-0.2, 0) is 9.36 Å². The van der Waals surface area contributed by atoms with E-state index in [0.29, 0.717) is 13.0 Å². The molecule has 6 heteroatoms. The third kappa shape index (κ3) is 7.39. The first-order valence-corrected chi connectivity index (χ1v) is 4.67. The topological polar surface area (TPSA) is 92.4 Å². The van der Waals surface area contributed by atoms with Gasteiger partial charge in [-0.25, -0.2) is 0 Å². The van der Waals surface area contributed by atoms with Crippen molar-refractivity contribution in [3.8, 4) is 0 Å². The van der Waals surface area contributed by atoms with Crippen LogP contribution in [0.3, 0.4) is 0 Å². The van der Waals surface area contributed by atoms with Gasteiger partial charge in [-0.15, -0.1) is 0 Å². The van der Waals surface area contributed by atoms with E-state index in [1.54, 1.807) is 0 Å². The summed E-state index contributed by atoms with van der Waals surface area (Å²) < 4.78 is 10.1. The molecule has 0 aliphatic heterocycles. The second-order valence-electron chi connectivity index (χ2n) is 1.98. The third-order valence-electron chi connectivity index (χ3n) is 1.03. The Balaban J connectivity index is 3.14. The van der Waals surface area contributed by atoms with Gasteiger partial charge >= 0.3 is 8.03 Å². The van der Waals surface area contributed by atoms with Gasteiger partial charge in [0.1, 0.15) is 0 Å². The van der Waals surface area contributed by atoms with E-state index in [2.05, 4.69) is 5.32 Å². The molecule has 0 rings (SSSR count). The number of rotatable bonds is 5. The van der Waals surface area contributed by atoms with Gasteiger partial charge in [-0.2, -0.15) is 4.89 Å². The van der Waals surface area contributed by atoms with Crippen molar-refractivity contribution < 1.29 is 14.3 Å². The molecule has 1 unspecified atom stereocenters. The van der Waals surface area contributed by atoms with Crippen LogP contribution in [0.25, 0.3) is 0 Å². The standard InChI is InChI=1S/C5H11N2O3P/c6-4-5(8)7-2-1-3-11(9)10/h1-4,6H2,(H-,7,8,9,10)/p+1. The maximum absolute atomic E-state index is 10.5. The first-order chi connectivity index (χ1) is 5.16. The molecular weight excluding hydrogens is 167 g/mol. The third-order valence-corrected chi connectivity index (χ3v) is 1.73. The van der Waals surface area contributed by atoms with Gasteiger partial charge in [-0.1, -0.05) is 0 Å². The number of nitrogens with two attached hydrogens (primary N) is 1. The molecule has 4 N–H and O–H groups in total. The molecule has 0 aromatic carbocycles. The van der Waals surface area contributed by atoms with E-state index in [1.807, 2.05) is 0 Å². The molecule has 0 saturated carbocycles. The summed E-state index contributed by atoms with van der Waals surface area (Å²) in [6.45, 7) is 0.378. The fourth-order valence-electron chi connectivity index (χ4n) is 0.514. The molecule has 0 aromatic rings. The summed E-state index contributed by atoms with van der Waals surface area (Å²) in [6, 6.07) is 0. The first-order valence-electron chi connectivity index (χ1n) is 3.27. The minimum Gasteiger partial charge on any atom is -0.355 e. The molecule has 11 heavy (non-hydrogen) atoms. The fourth-order valence-corrected chi connectivity index (χ4v) is 0.943. The summed E-state index contributed by atoms with van der Waals surface area (Å²) in [5, 5.41) is 2.48. The molecule has 0 saturated heterocycles. The molecule has 0 aliphatic carbocycles. The van der Waals surface area contributed by atoms with E-state index in [0.717, 1.165) is 0 Å². The summed E-state index contributed by atoms with van der Waals surface area (Å²) in [5.41, 5.74) is 4.99. The van der Waals surface area contributed by atoms with Gasteiger partial charge < -0.3 is 11.1 Å². The van der Waals surface area contributed by atoms with E-state index in [4.69, 9.17) is 10.6 Å². The molecular formula is C5H12N2O3P+.